The Labute approximate surface area is 193 Å². The van der Waals surface area contributed by atoms with Gasteiger partial charge in [-0.05, 0) is 41.5 Å². The summed E-state index contributed by atoms with van der Waals surface area (Å²) in [7, 11) is 0. The standard InChI is InChI=1S/C26H30N2O5/c1-15(2)23(24(29)28-13-12-17(16(28)3)25(30)31)27-26(32)33-14-22-20-10-6-4-8-18(20)19-9-5-7-11-21(19)22/h4-11,15-17,22-23H,12-14H2,1-3H3,(H,27,32)(H,30,31)/t16?,17?,23-/m1/s1. The van der Waals surface area contributed by atoms with E-state index in [1.807, 2.05) is 38.1 Å². The number of ether oxygens (including phenoxy) is 1. The molecule has 4 rings (SSSR count). The van der Waals surface area contributed by atoms with Crippen molar-refractivity contribution in [3.05, 3.63) is 59.7 Å². The van der Waals surface area contributed by atoms with Gasteiger partial charge in [0.1, 0.15) is 12.6 Å². The van der Waals surface area contributed by atoms with E-state index >= 15 is 0 Å². The van der Waals surface area contributed by atoms with Crippen molar-refractivity contribution in [2.45, 2.75) is 45.2 Å². The Morgan fingerprint density at radius 3 is 2.15 bits per heavy atom. The number of amides is 2. The molecule has 0 spiro atoms. The predicted octanol–water partition coefficient (Wildman–Crippen LogP) is 3.87. The summed E-state index contributed by atoms with van der Waals surface area (Å²) in [5.41, 5.74) is 4.53. The number of benzene rings is 2. The first-order valence-electron chi connectivity index (χ1n) is 11.4. The SMILES string of the molecule is CC(C)[C@@H](NC(=O)OCC1c2ccccc2-c2ccccc21)C(=O)N1CCC(C(=O)O)C1C. The Morgan fingerprint density at radius 2 is 1.64 bits per heavy atom. The number of nitrogens with one attached hydrogen (secondary N) is 1. The number of carboxylic acid groups (broad SMARTS) is 1. The van der Waals surface area contributed by atoms with Crippen LogP contribution in [0.15, 0.2) is 48.5 Å². The van der Waals surface area contributed by atoms with Crippen LogP contribution in [-0.2, 0) is 14.3 Å². The highest BCUT2D eigenvalue weighted by atomic mass is 16.5. The van der Waals surface area contributed by atoms with Crippen molar-refractivity contribution in [1.82, 2.24) is 10.2 Å². The normalized spacial score (nSPS) is 20.3. The first-order chi connectivity index (χ1) is 15.8. The highest BCUT2D eigenvalue weighted by Gasteiger charge is 2.41. The van der Waals surface area contributed by atoms with E-state index in [1.54, 1.807) is 11.8 Å². The fourth-order valence-corrected chi connectivity index (χ4v) is 5.04. The monoisotopic (exact) mass is 450 g/mol. The first kappa shape index (κ1) is 22.8. The van der Waals surface area contributed by atoms with Crippen molar-refractivity contribution < 1.29 is 24.2 Å². The Bertz CT molecular complexity index is 1020. The Kier molecular flexibility index (Phi) is 6.40. The quantitative estimate of drug-likeness (QED) is 0.697. The second kappa shape index (κ2) is 9.25. The van der Waals surface area contributed by atoms with Crippen LogP contribution < -0.4 is 5.32 Å². The molecule has 1 fully saturated rings. The number of nitrogens with zero attached hydrogens (tertiary/aromatic N) is 1. The van der Waals surface area contributed by atoms with E-state index in [9.17, 15) is 19.5 Å². The van der Waals surface area contributed by atoms with Gasteiger partial charge in [0.25, 0.3) is 0 Å². The maximum absolute atomic E-state index is 13.2. The number of hydrogen-bond donors (Lipinski definition) is 2. The summed E-state index contributed by atoms with van der Waals surface area (Å²) in [5.74, 6) is -1.99. The van der Waals surface area contributed by atoms with Gasteiger partial charge in [-0.2, -0.15) is 0 Å². The number of carboxylic acids is 1. The average molecular weight is 451 g/mol. The third-order valence-corrected chi connectivity index (χ3v) is 6.90. The summed E-state index contributed by atoms with van der Waals surface area (Å²) < 4.78 is 5.60. The molecule has 1 aliphatic heterocycles. The molecular formula is C26H30N2O5. The molecule has 0 radical (unpaired) electrons. The van der Waals surface area contributed by atoms with E-state index < -0.39 is 30.1 Å². The van der Waals surface area contributed by atoms with Crippen LogP contribution in [0.25, 0.3) is 11.1 Å². The molecule has 174 valence electrons. The Hall–Kier alpha value is -3.35. The van der Waals surface area contributed by atoms with Gasteiger partial charge in [-0.15, -0.1) is 0 Å². The minimum atomic E-state index is -0.900. The maximum Gasteiger partial charge on any atom is 0.407 e. The Morgan fingerprint density at radius 1 is 1.06 bits per heavy atom. The first-order valence-corrected chi connectivity index (χ1v) is 11.4. The van der Waals surface area contributed by atoms with Gasteiger partial charge in [-0.1, -0.05) is 62.4 Å². The smallest absolute Gasteiger partial charge is 0.407 e. The summed E-state index contributed by atoms with van der Waals surface area (Å²) in [6.45, 7) is 5.98. The molecule has 1 saturated heterocycles. The average Bonchev–Trinajstić information content (AvgIpc) is 3.33. The van der Waals surface area contributed by atoms with Gasteiger partial charge in [0.2, 0.25) is 5.91 Å². The van der Waals surface area contributed by atoms with E-state index in [0.29, 0.717) is 13.0 Å². The van der Waals surface area contributed by atoms with Crippen molar-refractivity contribution >= 4 is 18.0 Å². The lowest BCUT2D eigenvalue weighted by Gasteiger charge is -2.30. The molecule has 0 bridgehead atoms. The molecule has 2 aromatic carbocycles. The molecular weight excluding hydrogens is 420 g/mol. The third kappa shape index (κ3) is 4.32. The van der Waals surface area contributed by atoms with Gasteiger partial charge in [-0.3, -0.25) is 9.59 Å². The maximum atomic E-state index is 13.2. The molecule has 2 aromatic rings. The summed E-state index contributed by atoms with van der Waals surface area (Å²) in [6.07, 6.45) is -0.233. The second-order valence-electron chi connectivity index (χ2n) is 9.20. The minimum Gasteiger partial charge on any atom is -0.481 e. The zero-order valence-corrected chi connectivity index (χ0v) is 19.2. The van der Waals surface area contributed by atoms with E-state index in [2.05, 4.69) is 29.6 Å². The van der Waals surface area contributed by atoms with E-state index in [1.165, 1.54) is 0 Å². The number of hydrogen-bond acceptors (Lipinski definition) is 4. The number of fused-ring (bicyclic) bond motifs is 3. The number of alkyl carbamates (subject to hydrolysis) is 1. The van der Waals surface area contributed by atoms with Crippen LogP contribution in [0.3, 0.4) is 0 Å². The van der Waals surface area contributed by atoms with Crippen LogP contribution >= 0.6 is 0 Å². The van der Waals surface area contributed by atoms with Crippen molar-refractivity contribution in [3.8, 4) is 11.1 Å². The minimum absolute atomic E-state index is 0.0636. The number of likely N-dealkylation sites (tertiary alicyclic amines) is 1. The fraction of sp³-hybridized carbons (Fsp3) is 0.423. The number of carbonyl (C=O) groups excluding carboxylic acids is 2. The van der Waals surface area contributed by atoms with E-state index in [4.69, 9.17) is 4.74 Å². The number of rotatable bonds is 6. The van der Waals surface area contributed by atoms with Crippen LogP contribution in [-0.4, -0.2) is 53.2 Å². The molecule has 33 heavy (non-hydrogen) atoms. The van der Waals surface area contributed by atoms with E-state index in [0.717, 1.165) is 22.3 Å². The van der Waals surface area contributed by atoms with Gasteiger partial charge in [-0.25, -0.2) is 4.79 Å². The molecule has 3 atom stereocenters. The highest BCUT2D eigenvalue weighted by molar-refractivity contribution is 5.87. The predicted molar refractivity (Wildman–Crippen MR) is 124 cm³/mol. The molecule has 2 amide bonds. The number of aliphatic carboxylic acids is 1. The molecule has 1 aliphatic carbocycles. The molecule has 2 N–H and O–H groups in total. The summed E-state index contributed by atoms with van der Waals surface area (Å²) >= 11 is 0. The highest BCUT2D eigenvalue weighted by Crippen LogP contribution is 2.44. The lowest BCUT2D eigenvalue weighted by molar-refractivity contribution is -0.143. The molecule has 7 nitrogen and oxygen atoms in total. The summed E-state index contributed by atoms with van der Waals surface area (Å²) in [5, 5.41) is 12.1. The zero-order chi connectivity index (χ0) is 23.7. The van der Waals surface area contributed by atoms with Crippen molar-refractivity contribution in [2.24, 2.45) is 11.8 Å². The molecule has 1 heterocycles. The molecule has 0 saturated carbocycles. The lowest BCUT2D eigenvalue weighted by atomic mass is 9.98. The lowest BCUT2D eigenvalue weighted by Crippen LogP contribution is -2.53. The van der Waals surface area contributed by atoms with Crippen molar-refractivity contribution in [1.29, 1.82) is 0 Å². The second-order valence-corrected chi connectivity index (χ2v) is 9.20. The van der Waals surface area contributed by atoms with Crippen LogP contribution in [0, 0.1) is 11.8 Å². The Balaban J connectivity index is 1.42. The summed E-state index contributed by atoms with van der Waals surface area (Å²) in [4.78, 5) is 38.8. The zero-order valence-electron chi connectivity index (χ0n) is 19.2. The van der Waals surface area contributed by atoms with Crippen molar-refractivity contribution in [2.75, 3.05) is 13.2 Å². The third-order valence-electron chi connectivity index (χ3n) is 6.90. The van der Waals surface area contributed by atoms with Crippen LogP contribution in [0.4, 0.5) is 4.79 Å². The van der Waals surface area contributed by atoms with Crippen LogP contribution in [0.2, 0.25) is 0 Å². The fourth-order valence-electron chi connectivity index (χ4n) is 5.04. The van der Waals surface area contributed by atoms with Gasteiger partial charge >= 0.3 is 12.1 Å². The van der Waals surface area contributed by atoms with Crippen LogP contribution in [0.1, 0.15) is 44.2 Å². The molecule has 0 aromatic heterocycles. The molecule has 7 heteroatoms. The molecule has 2 aliphatic rings. The van der Waals surface area contributed by atoms with E-state index in [-0.39, 0.29) is 24.3 Å². The number of carbonyl (C=O) groups is 3. The van der Waals surface area contributed by atoms with Gasteiger partial charge in [0.15, 0.2) is 0 Å². The van der Waals surface area contributed by atoms with Gasteiger partial charge in [0.05, 0.1) is 5.92 Å². The van der Waals surface area contributed by atoms with Crippen molar-refractivity contribution in [3.63, 3.8) is 0 Å². The largest absolute Gasteiger partial charge is 0.481 e. The van der Waals surface area contributed by atoms with Gasteiger partial charge in [0, 0.05) is 18.5 Å². The topological polar surface area (TPSA) is 95.9 Å². The summed E-state index contributed by atoms with van der Waals surface area (Å²) in [6, 6.07) is 15.0. The van der Waals surface area contributed by atoms with Gasteiger partial charge < -0.3 is 20.1 Å². The molecule has 2 unspecified atom stereocenters. The van der Waals surface area contributed by atoms with Crippen LogP contribution in [0.5, 0.6) is 0 Å².